The number of unbranched alkanes of at least 4 members (excludes halogenated alkanes) is 1. The van der Waals surface area contributed by atoms with Gasteiger partial charge < -0.3 is 9.84 Å². The minimum Gasteiger partial charge on any atom is -0.462 e. The molecule has 0 aliphatic carbocycles. The zero-order valence-electron chi connectivity index (χ0n) is 9.95. The number of carbonyl (C=O) groups excluding carboxylic acids is 1. The molecule has 15 heavy (non-hydrogen) atoms. The summed E-state index contributed by atoms with van der Waals surface area (Å²) >= 11 is 0. The molecule has 88 valence electrons. The van der Waals surface area contributed by atoms with Gasteiger partial charge in [-0.15, -0.1) is 0 Å². The van der Waals surface area contributed by atoms with E-state index in [-0.39, 0.29) is 18.5 Å². The average molecular weight is 214 g/mol. The number of aliphatic hydroxyl groups excluding tert-OH is 1. The third-order valence-corrected chi connectivity index (χ3v) is 2.39. The van der Waals surface area contributed by atoms with Gasteiger partial charge in [-0.25, -0.2) is 4.79 Å². The molecule has 0 fully saturated rings. The van der Waals surface area contributed by atoms with Crippen LogP contribution < -0.4 is 0 Å². The van der Waals surface area contributed by atoms with Crippen molar-refractivity contribution in [2.24, 2.45) is 5.92 Å². The van der Waals surface area contributed by atoms with Crippen LogP contribution >= 0.6 is 0 Å². The normalized spacial score (nSPS) is 14.4. The Morgan fingerprint density at radius 3 is 2.53 bits per heavy atom. The van der Waals surface area contributed by atoms with E-state index in [1.807, 2.05) is 0 Å². The highest BCUT2D eigenvalue weighted by Gasteiger charge is 2.16. The van der Waals surface area contributed by atoms with Crippen molar-refractivity contribution in [1.82, 2.24) is 0 Å². The van der Waals surface area contributed by atoms with Crippen LogP contribution in [0.4, 0.5) is 0 Å². The Morgan fingerprint density at radius 1 is 1.53 bits per heavy atom. The molecule has 0 aliphatic heterocycles. The van der Waals surface area contributed by atoms with Crippen LogP contribution in [0.2, 0.25) is 0 Å². The zero-order chi connectivity index (χ0) is 11.8. The molecule has 0 aromatic heterocycles. The fourth-order valence-corrected chi connectivity index (χ4v) is 1.24. The van der Waals surface area contributed by atoms with Gasteiger partial charge in [0.05, 0.1) is 12.7 Å². The summed E-state index contributed by atoms with van der Waals surface area (Å²) in [6.07, 6.45) is 2.57. The first kappa shape index (κ1) is 14.2. The van der Waals surface area contributed by atoms with E-state index < -0.39 is 6.10 Å². The summed E-state index contributed by atoms with van der Waals surface area (Å²) in [5.74, 6) is -0.342. The van der Waals surface area contributed by atoms with Crippen LogP contribution in [0, 0.1) is 5.92 Å². The first-order chi connectivity index (χ1) is 6.99. The van der Waals surface area contributed by atoms with Gasteiger partial charge in [-0.05, 0) is 20.3 Å². The van der Waals surface area contributed by atoms with Crippen molar-refractivity contribution in [3.63, 3.8) is 0 Å². The summed E-state index contributed by atoms with van der Waals surface area (Å²) in [5.41, 5.74) is 0.398. The molecule has 0 heterocycles. The van der Waals surface area contributed by atoms with E-state index in [0.29, 0.717) is 5.57 Å². The average Bonchev–Trinajstić information content (AvgIpc) is 2.16. The SMILES string of the molecule is C=C(C)C(=O)OCC(CCCC)C(C)O. The van der Waals surface area contributed by atoms with Gasteiger partial charge in [-0.3, -0.25) is 0 Å². The second-order valence-corrected chi connectivity index (χ2v) is 4.02. The van der Waals surface area contributed by atoms with Crippen molar-refractivity contribution in [3.05, 3.63) is 12.2 Å². The Labute approximate surface area is 92.1 Å². The zero-order valence-corrected chi connectivity index (χ0v) is 9.95. The van der Waals surface area contributed by atoms with Crippen molar-refractivity contribution in [2.75, 3.05) is 6.61 Å². The van der Waals surface area contributed by atoms with Crippen LogP contribution in [0.1, 0.15) is 40.0 Å². The van der Waals surface area contributed by atoms with Crippen LogP contribution in [-0.4, -0.2) is 23.8 Å². The Bertz CT molecular complexity index is 209. The van der Waals surface area contributed by atoms with E-state index in [2.05, 4.69) is 13.5 Å². The number of aliphatic hydroxyl groups is 1. The van der Waals surface area contributed by atoms with Gasteiger partial charge in [0, 0.05) is 11.5 Å². The van der Waals surface area contributed by atoms with E-state index >= 15 is 0 Å². The molecule has 1 N–H and O–H groups in total. The van der Waals surface area contributed by atoms with Gasteiger partial charge in [-0.1, -0.05) is 26.3 Å². The fourth-order valence-electron chi connectivity index (χ4n) is 1.24. The van der Waals surface area contributed by atoms with E-state index in [9.17, 15) is 9.90 Å². The van der Waals surface area contributed by atoms with E-state index in [0.717, 1.165) is 19.3 Å². The summed E-state index contributed by atoms with van der Waals surface area (Å²) in [6, 6.07) is 0. The Morgan fingerprint density at radius 2 is 2.13 bits per heavy atom. The molecule has 0 amide bonds. The van der Waals surface area contributed by atoms with Crippen LogP contribution in [-0.2, 0) is 9.53 Å². The lowest BCUT2D eigenvalue weighted by molar-refractivity contribution is -0.141. The van der Waals surface area contributed by atoms with Crippen molar-refractivity contribution in [3.8, 4) is 0 Å². The van der Waals surface area contributed by atoms with E-state index in [1.165, 1.54) is 0 Å². The van der Waals surface area contributed by atoms with Crippen molar-refractivity contribution < 1.29 is 14.6 Å². The monoisotopic (exact) mass is 214 g/mol. The lowest BCUT2D eigenvalue weighted by Crippen LogP contribution is -2.24. The fraction of sp³-hybridized carbons (Fsp3) is 0.750. The molecule has 2 atom stereocenters. The highest BCUT2D eigenvalue weighted by molar-refractivity contribution is 5.86. The number of ether oxygens (including phenoxy) is 1. The van der Waals surface area contributed by atoms with Gasteiger partial charge in [0.1, 0.15) is 0 Å². The molecule has 2 unspecified atom stereocenters. The second kappa shape index (κ2) is 7.46. The smallest absolute Gasteiger partial charge is 0.333 e. The van der Waals surface area contributed by atoms with Gasteiger partial charge >= 0.3 is 5.97 Å². The molecule has 0 radical (unpaired) electrons. The molecule has 0 rings (SSSR count). The first-order valence-corrected chi connectivity index (χ1v) is 5.49. The predicted molar refractivity (Wildman–Crippen MR) is 60.5 cm³/mol. The quantitative estimate of drug-likeness (QED) is 0.522. The van der Waals surface area contributed by atoms with Crippen molar-refractivity contribution in [1.29, 1.82) is 0 Å². The number of carbonyl (C=O) groups is 1. The third kappa shape index (κ3) is 6.28. The molecule has 0 spiro atoms. The highest BCUT2D eigenvalue weighted by Crippen LogP contribution is 2.14. The van der Waals surface area contributed by atoms with E-state index in [1.54, 1.807) is 13.8 Å². The van der Waals surface area contributed by atoms with Gasteiger partial charge in [-0.2, -0.15) is 0 Å². The molecule has 0 saturated heterocycles. The molecule has 0 aromatic rings. The second-order valence-electron chi connectivity index (χ2n) is 4.02. The van der Waals surface area contributed by atoms with Crippen LogP contribution in [0.25, 0.3) is 0 Å². The predicted octanol–water partition coefficient (Wildman–Crippen LogP) is 2.29. The lowest BCUT2D eigenvalue weighted by Gasteiger charge is -2.19. The standard InChI is InChI=1S/C12H22O3/c1-5-6-7-11(10(4)13)8-15-12(14)9(2)3/h10-11,13H,2,5-8H2,1,3-4H3. The maximum Gasteiger partial charge on any atom is 0.333 e. The summed E-state index contributed by atoms with van der Waals surface area (Å²) in [5, 5.41) is 9.48. The first-order valence-electron chi connectivity index (χ1n) is 5.49. The molecule has 0 saturated carbocycles. The van der Waals surface area contributed by atoms with Crippen molar-refractivity contribution in [2.45, 2.75) is 46.1 Å². The van der Waals surface area contributed by atoms with Gasteiger partial charge in [0.15, 0.2) is 0 Å². The number of hydrogen-bond donors (Lipinski definition) is 1. The Kier molecular flexibility index (Phi) is 7.05. The maximum absolute atomic E-state index is 11.1. The molecule has 0 aromatic carbocycles. The number of rotatable bonds is 7. The molecular formula is C12H22O3. The summed E-state index contributed by atoms with van der Waals surface area (Å²) < 4.78 is 5.03. The minimum absolute atomic E-state index is 0.0354. The summed E-state index contributed by atoms with van der Waals surface area (Å²) in [4.78, 5) is 11.1. The largest absolute Gasteiger partial charge is 0.462 e. The Balaban J connectivity index is 3.95. The highest BCUT2D eigenvalue weighted by atomic mass is 16.5. The van der Waals surface area contributed by atoms with E-state index in [4.69, 9.17) is 4.74 Å². The Hall–Kier alpha value is -0.830. The maximum atomic E-state index is 11.1. The van der Waals surface area contributed by atoms with Gasteiger partial charge in [0.25, 0.3) is 0 Å². The minimum atomic E-state index is -0.436. The lowest BCUT2D eigenvalue weighted by atomic mass is 9.98. The molecule has 0 aliphatic rings. The topological polar surface area (TPSA) is 46.5 Å². The molecule has 3 nitrogen and oxygen atoms in total. The number of hydrogen-bond acceptors (Lipinski definition) is 3. The van der Waals surface area contributed by atoms with Crippen LogP contribution in [0.15, 0.2) is 12.2 Å². The van der Waals surface area contributed by atoms with Crippen LogP contribution in [0.5, 0.6) is 0 Å². The molecular weight excluding hydrogens is 192 g/mol. The van der Waals surface area contributed by atoms with Gasteiger partial charge in [0.2, 0.25) is 0 Å². The molecule has 3 heteroatoms. The number of esters is 1. The summed E-state index contributed by atoms with van der Waals surface area (Å²) in [6.45, 7) is 9.23. The molecule has 0 bridgehead atoms. The van der Waals surface area contributed by atoms with Crippen molar-refractivity contribution >= 4 is 5.97 Å². The third-order valence-electron chi connectivity index (χ3n) is 2.39. The summed E-state index contributed by atoms with van der Waals surface area (Å²) in [7, 11) is 0. The van der Waals surface area contributed by atoms with Crippen LogP contribution in [0.3, 0.4) is 0 Å².